The van der Waals surface area contributed by atoms with Gasteiger partial charge in [-0.15, -0.1) is 0 Å². The molecule has 1 aromatic carbocycles. The van der Waals surface area contributed by atoms with Gasteiger partial charge in [-0.25, -0.2) is 13.1 Å². The number of ether oxygens (including phenoxy) is 1. The number of rotatable bonds is 8. The van der Waals surface area contributed by atoms with Crippen molar-refractivity contribution in [3.63, 3.8) is 0 Å². The maximum Gasteiger partial charge on any atom is 0.216 e. The van der Waals surface area contributed by atoms with Gasteiger partial charge in [-0.1, -0.05) is 6.07 Å². The minimum Gasteiger partial charge on any atom is -0.493 e. The van der Waals surface area contributed by atoms with E-state index in [1.165, 1.54) is 12.8 Å². The lowest BCUT2D eigenvalue weighted by atomic mass is 9.86. The van der Waals surface area contributed by atoms with Gasteiger partial charge < -0.3 is 10.1 Å². The highest BCUT2D eigenvalue weighted by molar-refractivity contribution is 7.90. The molecule has 2 aliphatic carbocycles. The van der Waals surface area contributed by atoms with Crippen LogP contribution in [0.2, 0.25) is 0 Å². The number of benzene rings is 1. The van der Waals surface area contributed by atoms with E-state index in [9.17, 15) is 8.42 Å². The summed E-state index contributed by atoms with van der Waals surface area (Å²) in [6.45, 7) is 6.98. The van der Waals surface area contributed by atoms with Crippen LogP contribution in [0.5, 0.6) is 5.75 Å². The van der Waals surface area contributed by atoms with E-state index in [1.807, 2.05) is 12.1 Å². The Balaban J connectivity index is 1.41. The Labute approximate surface area is 164 Å². The minimum absolute atomic E-state index is 0.0737. The largest absolute Gasteiger partial charge is 0.493 e. The lowest BCUT2D eigenvalue weighted by Gasteiger charge is -2.31. The van der Waals surface area contributed by atoms with Crippen molar-refractivity contribution >= 4 is 15.7 Å². The molecule has 6 heteroatoms. The number of sulfonamides is 1. The fraction of sp³-hybridized carbons (Fsp3) is 0.714. The first kappa shape index (κ1) is 20.5. The molecule has 0 saturated heterocycles. The molecule has 0 heterocycles. The molecule has 0 bridgehead atoms. The topological polar surface area (TPSA) is 67.4 Å². The van der Waals surface area contributed by atoms with Crippen LogP contribution in [0, 0.1) is 11.8 Å². The van der Waals surface area contributed by atoms with Gasteiger partial charge in [0.25, 0.3) is 0 Å². The van der Waals surface area contributed by atoms with Crippen molar-refractivity contribution in [2.24, 2.45) is 11.8 Å². The molecule has 0 radical (unpaired) electrons. The third kappa shape index (κ3) is 6.11. The molecule has 5 nitrogen and oxygen atoms in total. The molecular formula is C21H34N2O3S. The van der Waals surface area contributed by atoms with Gasteiger partial charge in [0.05, 0.1) is 11.4 Å². The zero-order chi connectivity index (χ0) is 19.5. The van der Waals surface area contributed by atoms with Gasteiger partial charge in [0.1, 0.15) is 5.75 Å². The first-order valence-corrected chi connectivity index (χ1v) is 11.7. The van der Waals surface area contributed by atoms with Gasteiger partial charge in [0.2, 0.25) is 10.0 Å². The average molecular weight is 395 g/mol. The highest BCUT2D eigenvalue weighted by atomic mass is 32.2. The molecular weight excluding hydrogens is 360 g/mol. The van der Waals surface area contributed by atoms with Crippen LogP contribution in [-0.2, 0) is 10.0 Å². The maximum atomic E-state index is 12.3. The fourth-order valence-electron chi connectivity index (χ4n) is 3.34. The zero-order valence-corrected chi connectivity index (χ0v) is 17.6. The lowest BCUT2D eigenvalue weighted by Crippen LogP contribution is -2.46. The Morgan fingerprint density at radius 3 is 2.33 bits per heavy atom. The van der Waals surface area contributed by atoms with Gasteiger partial charge in [-0.3, -0.25) is 0 Å². The van der Waals surface area contributed by atoms with Gasteiger partial charge in [-0.2, -0.15) is 0 Å². The fourth-order valence-corrected chi connectivity index (χ4v) is 4.37. The molecule has 0 atom stereocenters. The van der Waals surface area contributed by atoms with E-state index < -0.39 is 14.8 Å². The molecule has 0 aliphatic heterocycles. The summed E-state index contributed by atoms with van der Waals surface area (Å²) in [5, 5.41) is 3.53. The first-order chi connectivity index (χ1) is 12.7. The van der Waals surface area contributed by atoms with Crippen LogP contribution in [-0.4, -0.2) is 32.4 Å². The Morgan fingerprint density at radius 1 is 1.04 bits per heavy atom. The summed E-state index contributed by atoms with van der Waals surface area (Å²) in [5.74, 6) is 2.27. The Morgan fingerprint density at radius 2 is 1.70 bits per heavy atom. The highest BCUT2D eigenvalue weighted by Crippen LogP contribution is 2.30. The predicted molar refractivity (Wildman–Crippen MR) is 111 cm³/mol. The molecule has 2 N–H and O–H groups in total. The van der Waals surface area contributed by atoms with Crippen molar-refractivity contribution in [1.82, 2.24) is 4.72 Å². The molecule has 0 aromatic heterocycles. The Bertz CT molecular complexity index is 715. The zero-order valence-electron chi connectivity index (χ0n) is 16.8. The van der Waals surface area contributed by atoms with Crippen molar-refractivity contribution in [2.75, 3.05) is 18.5 Å². The van der Waals surface area contributed by atoms with Crippen LogP contribution in [0.25, 0.3) is 0 Å². The summed E-state index contributed by atoms with van der Waals surface area (Å²) < 4.78 is 32.6. The van der Waals surface area contributed by atoms with Crippen molar-refractivity contribution in [2.45, 2.75) is 70.1 Å². The first-order valence-electron chi connectivity index (χ1n) is 10.2. The van der Waals surface area contributed by atoms with Gasteiger partial charge in [0.15, 0.2) is 0 Å². The van der Waals surface area contributed by atoms with Gasteiger partial charge in [0, 0.05) is 24.3 Å². The van der Waals surface area contributed by atoms with Crippen LogP contribution >= 0.6 is 0 Å². The summed E-state index contributed by atoms with van der Waals surface area (Å²) in [4.78, 5) is 0. The molecule has 2 saturated carbocycles. The van der Waals surface area contributed by atoms with E-state index in [-0.39, 0.29) is 6.04 Å². The molecule has 0 amide bonds. The number of hydrogen-bond donors (Lipinski definition) is 2. The molecule has 2 aliphatic rings. The van der Waals surface area contributed by atoms with E-state index in [1.54, 1.807) is 20.8 Å². The molecule has 0 unspecified atom stereocenters. The second-order valence-corrected chi connectivity index (χ2v) is 11.6. The molecule has 152 valence electrons. The molecule has 1 aromatic rings. The normalized spacial score (nSPS) is 23.8. The lowest BCUT2D eigenvalue weighted by molar-refractivity contribution is 0.300. The highest BCUT2D eigenvalue weighted by Gasteiger charge is 2.32. The standard InChI is InChI=1S/C21H34N2O3S/c1-21(2,3)27(24,25)23-18-11-9-16(10-12-18)14-22-19-5-4-6-20(13-19)26-15-17-7-8-17/h4-6,13,16-18,22-23H,7-12,14-15H2,1-3H3. The van der Waals surface area contributed by atoms with Crippen LogP contribution in [0.15, 0.2) is 24.3 Å². The second-order valence-electron chi connectivity index (χ2n) is 9.11. The van der Waals surface area contributed by atoms with E-state index in [2.05, 4.69) is 22.2 Å². The summed E-state index contributed by atoms with van der Waals surface area (Å²) in [5.41, 5.74) is 1.10. The van der Waals surface area contributed by atoms with Gasteiger partial charge >= 0.3 is 0 Å². The molecule has 27 heavy (non-hydrogen) atoms. The SMILES string of the molecule is CC(C)(C)S(=O)(=O)NC1CCC(CNc2cccc(OCC3CC3)c2)CC1. The summed E-state index contributed by atoms with van der Waals surface area (Å²) in [7, 11) is -3.26. The summed E-state index contributed by atoms with van der Waals surface area (Å²) in [6, 6.07) is 8.27. The number of nitrogens with one attached hydrogen (secondary N) is 2. The van der Waals surface area contributed by atoms with Crippen molar-refractivity contribution in [1.29, 1.82) is 0 Å². The van der Waals surface area contributed by atoms with Crippen LogP contribution < -0.4 is 14.8 Å². The van der Waals surface area contributed by atoms with Crippen LogP contribution in [0.1, 0.15) is 59.3 Å². The van der Waals surface area contributed by atoms with Crippen molar-refractivity contribution < 1.29 is 13.2 Å². The molecule has 2 fully saturated rings. The smallest absolute Gasteiger partial charge is 0.216 e. The second kappa shape index (κ2) is 8.39. The Kier molecular flexibility index (Phi) is 6.36. The quantitative estimate of drug-likeness (QED) is 0.695. The van der Waals surface area contributed by atoms with E-state index in [0.717, 1.165) is 56.2 Å². The number of hydrogen-bond acceptors (Lipinski definition) is 4. The summed E-state index contributed by atoms with van der Waals surface area (Å²) in [6.07, 6.45) is 6.50. The predicted octanol–water partition coefficient (Wildman–Crippen LogP) is 4.16. The van der Waals surface area contributed by atoms with Crippen molar-refractivity contribution in [3.8, 4) is 5.75 Å². The molecule has 3 rings (SSSR count). The monoisotopic (exact) mass is 394 g/mol. The van der Waals surface area contributed by atoms with Gasteiger partial charge in [-0.05, 0) is 83.3 Å². The Hall–Kier alpha value is -1.27. The minimum atomic E-state index is -3.26. The van der Waals surface area contributed by atoms with E-state index in [0.29, 0.717) is 5.92 Å². The van der Waals surface area contributed by atoms with E-state index >= 15 is 0 Å². The average Bonchev–Trinajstić information content (AvgIpc) is 3.43. The van der Waals surface area contributed by atoms with Crippen LogP contribution in [0.3, 0.4) is 0 Å². The number of anilines is 1. The van der Waals surface area contributed by atoms with Crippen molar-refractivity contribution in [3.05, 3.63) is 24.3 Å². The van der Waals surface area contributed by atoms with Crippen LogP contribution in [0.4, 0.5) is 5.69 Å². The third-order valence-corrected chi connectivity index (χ3v) is 7.84. The van der Waals surface area contributed by atoms with E-state index in [4.69, 9.17) is 4.74 Å². The maximum absolute atomic E-state index is 12.3. The third-order valence-electron chi connectivity index (χ3n) is 5.59. The molecule has 0 spiro atoms. The summed E-state index contributed by atoms with van der Waals surface area (Å²) >= 11 is 0.